The number of benzene rings is 1. The van der Waals surface area contributed by atoms with Gasteiger partial charge in [-0.3, -0.25) is 19.4 Å². The number of carboxylic acids is 1. The van der Waals surface area contributed by atoms with Crippen LogP contribution in [0.5, 0.6) is 5.75 Å². The SMILES string of the molecule is BC(O)(Oc1ccccc1C1(O)CCN(C(=O)C2CCCN(C(=O)c3ncccc3C(F)(F)F)C2CCC)CC1)C(B)(B)C(B)(B)C(=O)O. The van der Waals surface area contributed by atoms with Gasteiger partial charge in [0.25, 0.3) is 11.9 Å². The Balaban J connectivity index is 1.53. The first-order valence-corrected chi connectivity index (χ1v) is 16.8. The molecule has 0 radical (unpaired) electrons. The number of alkyl halides is 3. The molecule has 3 unspecified atom stereocenters. The molecule has 0 aliphatic carbocycles. The Morgan fingerprint density at radius 3 is 2.24 bits per heavy atom. The number of likely N-dealkylation sites (tertiary alicyclic amines) is 2. The maximum Gasteiger partial charge on any atom is 0.418 e. The van der Waals surface area contributed by atoms with E-state index in [1.54, 1.807) is 44.9 Å². The Bertz CT molecular complexity index is 1550. The molecule has 0 saturated carbocycles. The highest BCUT2D eigenvalue weighted by molar-refractivity contribution is 6.62. The number of para-hydroxylation sites is 1. The van der Waals surface area contributed by atoms with E-state index in [0.29, 0.717) is 31.2 Å². The van der Waals surface area contributed by atoms with Crippen LogP contribution in [0.1, 0.15) is 67.1 Å². The Kier molecular flexibility index (Phi) is 11.0. The third kappa shape index (κ3) is 7.40. The molecule has 4 rings (SSSR count). The molecule has 3 heterocycles. The zero-order valence-corrected chi connectivity index (χ0v) is 29.0. The molecule has 49 heavy (non-hydrogen) atoms. The zero-order valence-electron chi connectivity index (χ0n) is 29.0. The quantitative estimate of drug-likeness (QED) is 0.218. The summed E-state index contributed by atoms with van der Waals surface area (Å²) in [6.07, 6.45) is -1.42. The van der Waals surface area contributed by atoms with Gasteiger partial charge < -0.3 is 29.9 Å². The highest BCUT2D eigenvalue weighted by Crippen LogP contribution is 2.50. The fraction of sp³-hybridized carbons (Fsp3) is 0.548. The molecule has 18 heteroatoms. The van der Waals surface area contributed by atoms with E-state index in [4.69, 9.17) is 4.74 Å². The number of rotatable bonds is 10. The molecule has 2 aliphatic heterocycles. The minimum absolute atomic E-state index is 0.127. The first-order valence-electron chi connectivity index (χ1n) is 16.8. The number of nitrogens with zero attached hydrogens (tertiary/aromatic N) is 3. The van der Waals surface area contributed by atoms with Gasteiger partial charge in [-0.05, 0) is 55.5 Å². The lowest BCUT2D eigenvalue weighted by atomic mass is 9.25. The van der Waals surface area contributed by atoms with Gasteiger partial charge >= 0.3 is 6.18 Å². The molecule has 260 valence electrons. The number of carbonyl (C=O) groups is 3. The Morgan fingerprint density at radius 1 is 1.02 bits per heavy atom. The summed E-state index contributed by atoms with van der Waals surface area (Å²) >= 11 is 0. The number of hydrogen-bond acceptors (Lipinski definition) is 7. The molecule has 2 fully saturated rings. The number of pyridine rings is 1. The molecule has 10 nitrogen and oxygen atoms in total. The summed E-state index contributed by atoms with van der Waals surface area (Å²) in [5.41, 5.74) is -4.81. The number of aliphatic carboxylic acids is 1. The van der Waals surface area contributed by atoms with Crippen molar-refractivity contribution in [3.63, 3.8) is 0 Å². The lowest BCUT2D eigenvalue weighted by Crippen LogP contribution is -2.58. The number of ether oxygens (including phenoxy) is 1. The highest BCUT2D eigenvalue weighted by Gasteiger charge is 2.55. The monoisotopic (exact) mass is 681 g/mol. The summed E-state index contributed by atoms with van der Waals surface area (Å²) < 4.78 is 47.4. The van der Waals surface area contributed by atoms with Gasteiger partial charge in [-0.2, -0.15) is 13.2 Å². The molecule has 2 aliphatic rings. The van der Waals surface area contributed by atoms with Crippen molar-refractivity contribution < 1.29 is 47.6 Å². The summed E-state index contributed by atoms with van der Waals surface area (Å²) in [5, 5.41) is 30.6. The molecule has 2 amide bonds. The lowest BCUT2D eigenvalue weighted by molar-refractivity contribution is -0.145. The van der Waals surface area contributed by atoms with Crippen LogP contribution in [0.15, 0.2) is 42.6 Å². The van der Waals surface area contributed by atoms with Gasteiger partial charge in [0.2, 0.25) is 5.91 Å². The maximum absolute atomic E-state index is 14.0. The molecule has 3 N–H and O–H groups in total. The molecule has 1 aromatic heterocycles. The Morgan fingerprint density at radius 2 is 1.65 bits per heavy atom. The van der Waals surface area contributed by atoms with Gasteiger partial charge in [-0.25, -0.2) is 0 Å². The third-order valence-corrected chi connectivity index (χ3v) is 11.1. The first kappa shape index (κ1) is 38.4. The number of halogens is 3. The second-order valence-electron chi connectivity index (χ2n) is 14.5. The van der Waals surface area contributed by atoms with Crippen molar-refractivity contribution in [2.45, 2.75) is 79.4 Å². The largest absolute Gasteiger partial charge is 0.482 e. The number of piperidine rings is 2. The number of carbonyl (C=O) groups excluding carboxylic acids is 2. The van der Waals surface area contributed by atoms with E-state index in [9.17, 15) is 42.9 Å². The molecule has 0 bridgehead atoms. The molecular formula is C31H43B5F3N3O7. The number of amides is 2. The molecule has 2 saturated heterocycles. The van der Waals surface area contributed by atoms with Crippen molar-refractivity contribution in [3.8, 4) is 5.75 Å². The van der Waals surface area contributed by atoms with Crippen molar-refractivity contribution >= 4 is 57.0 Å². The molecule has 3 atom stereocenters. The van der Waals surface area contributed by atoms with Gasteiger partial charge in [0, 0.05) is 42.7 Å². The number of aliphatic hydroxyl groups is 2. The predicted molar refractivity (Wildman–Crippen MR) is 189 cm³/mol. The lowest BCUT2D eigenvalue weighted by Gasteiger charge is -2.49. The minimum Gasteiger partial charge on any atom is -0.482 e. The Labute approximate surface area is 289 Å². The van der Waals surface area contributed by atoms with Crippen LogP contribution in [0, 0.1) is 5.92 Å². The van der Waals surface area contributed by atoms with Gasteiger partial charge in [0.1, 0.15) is 42.8 Å². The zero-order chi connectivity index (χ0) is 36.6. The molecule has 0 spiro atoms. The summed E-state index contributed by atoms with van der Waals surface area (Å²) in [6.45, 7) is 2.43. The average molecular weight is 681 g/mol. The molecular weight excluding hydrogens is 637 g/mol. The molecule has 1 aromatic carbocycles. The van der Waals surface area contributed by atoms with Gasteiger partial charge in [0.15, 0.2) is 13.5 Å². The fourth-order valence-electron chi connectivity index (χ4n) is 6.92. The summed E-state index contributed by atoms with van der Waals surface area (Å²) in [4.78, 5) is 46.5. The standard InChI is InChI=1S/C31H43B5F3N3O7/c1-2-7-21-18(8-6-15-42(21)25(44)23-20(29(37,38)39)10-5-14-40-23)24(43)41-16-12-27(47,13-17-41)19-9-3-4-11-22(19)49-31(36,48)30(34,35)28(32,33)26(45)46/h3-5,9-11,14,18,21,47-48H,2,6-8,12-13,15-17,32-36H2,1H3,(H,45,46). The van der Waals surface area contributed by atoms with Crippen LogP contribution in [0.25, 0.3) is 0 Å². The second-order valence-corrected chi connectivity index (χ2v) is 14.5. The Hall–Kier alpha value is -3.39. The average Bonchev–Trinajstić information content (AvgIpc) is 3.04. The van der Waals surface area contributed by atoms with Gasteiger partial charge in [-0.1, -0.05) is 31.5 Å². The predicted octanol–water partition coefficient (Wildman–Crippen LogP) is -0.861. The first-order chi connectivity index (χ1) is 22.7. The summed E-state index contributed by atoms with van der Waals surface area (Å²) in [6, 6.07) is 8.02. The van der Waals surface area contributed by atoms with Crippen LogP contribution in [-0.2, 0) is 21.4 Å². The van der Waals surface area contributed by atoms with Crippen molar-refractivity contribution in [1.82, 2.24) is 14.8 Å². The summed E-state index contributed by atoms with van der Waals surface area (Å²) in [5.74, 6) is -2.63. The number of carboxylic acid groups (broad SMARTS) is 1. The van der Waals surface area contributed by atoms with Crippen LogP contribution in [0.4, 0.5) is 13.2 Å². The van der Waals surface area contributed by atoms with Crippen LogP contribution in [0.3, 0.4) is 0 Å². The van der Waals surface area contributed by atoms with E-state index in [1.807, 2.05) is 6.92 Å². The molecule has 2 aromatic rings. The van der Waals surface area contributed by atoms with E-state index in [0.717, 1.165) is 18.3 Å². The normalized spacial score (nSPS) is 21.4. The van der Waals surface area contributed by atoms with E-state index >= 15 is 0 Å². The smallest absolute Gasteiger partial charge is 0.418 e. The van der Waals surface area contributed by atoms with Crippen LogP contribution < -0.4 is 4.74 Å². The number of hydrogen-bond donors (Lipinski definition) is 3. The van der Waals surface area contributed by atoms with Gasteiger partial charge in [-0.15, -0.1) is 0 Å². The summed E-state index contributed by atoms with van der Waals surface area (Å²) in [7, 11) is 7.59. The van der Waals surface area contributed by atoms with E-state index < -0.39 is 63.0 Å². The number of aromatic nitrogens is 1. The van der Waals surface area contributed by atoms with E-state index in [2.05, 4.69) is 4.98 Å². The maximum atomic E-state index is 14.0. The van der Waals surface area contributed by atoms with E-state index in [-0.39, 0.29) is 44.1 Å². The van der Waals surface area contributed by atoms with Crippen molar-refractivity contribution in [2.24, 2.45) is 5.92 Å². The van der Waals surface area contributed by atoms with Crippen molar-refractivity contribution in [1.29, 1.82) is 0 Å². The minimum atomic E-state index is -4.76. The topological polar surface area (TPSA) is 140 Å². The van der Waals surface area contributed by atoms with Crippen molar-refractivity contribution in [2.75, 3.05) is 19.6 Å². The van der Waals surface area contributed by atoms with Crippen LogP contribution >= 0.6 is 0 Å². The second kappa shape index (κ2) is 14.1. The van der Waals surface area contributed by atoms with E-state index in [1.165, 1.54) is 28.4 Å². The van der Waals surface area contributed by atoms with Crippen molar-refractivity contribution in [3.05, 3.63) is 59.4 Å². The fourth-order valence-corrected chi connectivity index (χ4v) is 6.92. The van der Waals surface area contributed by atoms with Gasteiger partial charge in [0.05, 0.1) is 17.1 Å². The third-order valence-electron chi connectivity index (χ3n) is 11.1. The highest BCUT2D eigenvalue weighted by atomic mass is 19.4. The van der Waals surface area contributed by atoms with Crippen LogP contribution in [0.2, 0.25) is 10.4 Å². The van der Waals surface area contributed by atoms with Crippen LogP contribution in [-0.4, -0.2) is 118 Å².